The van der Waals surface area contributed by atoms with Crippen molar-refractivity contribution in [2.24, 2.45) is 5.73 Å². The zero-order chi connectivity index (χ0) is 25.6. The summed E-state index contributed by atoms with van der Waals surface area (Å²) in [7, 11) is 0. The molecule has 4 N–H and O–H groups in total. The standard InChI is InChI=1S/C25H36N8O2/c1-6-32-9-11-33(12-10-32)19-7-8-20(21(13-19)35-23(27)34)25(4,5)16-29-24-28-15-18(14-26)22(31-24)30-17(2)3/h7-8,13,15,17H,6,9-12,16H2,1-5H3,(H2,27,34)(H2,28,29,30,31). The van der Waals surface area contributed by atoms with Crippen molar-refractivity contribution >= 4 is 23.5 Å². The number of amides is 1. The van der Waals surface area contributed by atoms with Crippen LogP contribution in [0.1, 0.15) is 45.7 Å². The number of rotatable bonds is 9. The van der Waals surface area contributed by atoms with Crippen LogP contribution in [0, 0.1) is 11.3 Å². The van der Waals surface area contributed by atoms with E-state index in [-0.39, 0.29) is 6.04 Å². The SMILES string of the molecule is CCN1CCN(c2ccc(C(C)(C)CNc3ncc(C#N)c(NC(C)C)n3)c(OC(N)=O)c2)CC1. The van der Waals surface area contributed by atoms with Crippen LogP contribution in [0.25, 0.3) is 0 Å². The molecule has 2 aromatic rings. The predicted molar refractivity (Wildman–Crippen MR) is 138 cm³/mol. The molecule has 10 nitrogen and oxygen atoms in total. The zero-order valence-electron chi connectivity index (χ0n) is 21.3. The molecule has 3 rings (SSSR count). The number of hydrogen-bond donors (Lipinski definition) is 3. The van der Waals surface area contributed by atoms with Crippen LogP contribution in [0.5, 0.6) is 5.75 Å². The van der Waals surface area contributed by atoms with Crippen molar-refractivity contribution in [2.45, 2.75) is 46.1 Å². The van der Waals surface area contributed by atoms with Crippen LogP contribution in [0.2, 0.25) is 0 Å². The van der Waals surface area contributed by atoms with E-state index >= 15 is 0 Å². The summed E-state index contributed by atoms with van der Waals surface area (Å²) in [6, 6.07) is 8.18. The number of primary amides is 1. The zero-order valence-corrected chi connectivity index (χ0v) is 21.3. The first-order valence-corrected chi connectivity index (χ1v) is 12.0. The van der Waals surface area contributed by atoms with E-state index in [4.69, 9.17) is 10.5 Å². The van der Waals surface area contributed by atoms with E-state index in [1.54, 1.807) is 0 Å². The molecule has 1 aromatic carbocycles. The third kappa shape index (κ3) is 6.73. The number of likely N-dealkylation sites (N-methyl/N-ethyl adjacent to an activating group) is 1. The lowest BCUT2D eigenvalue weighted by atomic mass is 9.83. The molecule has 0 saturated carbocycles. The van der Waals surface area contributed by atoms with Gasteiger partial charge < -0.3 is 30.9 Å². The number of nitrogens with one attached hydrogen (secondary N) is 2. The second-order valence-electron chi connectivity index (χ2n) is 9.63. The van der Waals surface area contributed by atoms with E-state index in [0.717, 1.165) is 44.0 Å². The van der Waals surface area contributed by atoms with Gasteiger partial charge in [0.1, 0.15) is 23.2 Å². The first-order chi connectivity index (χ1) is 16.6. The molecular formula is C25H36N8O2. The van der Waals surface area contributed by atoms with Gasteiger partial charge in [-0.05, 0) is 26.5 Å². The maximum Gasteiger partial charge on any atom is 0.409 e. The summed E-state index contributed by atoms with van der Waals surface area (Å²) in [4.78, 5) is 25.1. The molecule has 0 bridgehead atoms. The normalized spacial score (nSPS) is 14.5. The second-order valence-corrected chi connectivity index (χ2v) is 9.63. The Balaban J connectivity index is 1.80. The predicted octanol–water partition coefficient (Wildman–Crippen LogP) is 3.16. The van der Waals surface area contributed by atoms with Gasteiger partial charge in [-0.1, -0.05) is 26.8 Å². The summed E-state index contributed by atoms with van der Waals surface area (Å²) in [5, 5.41) is 15.8. The lowest BCUT2D eigenvalue weighted by Crippen LogP contribution is -2.46. The van der Waals surface area contributed by atoms with Gasteiger partial charge in [0.2, 0.25) is 5.95 Å². The Morgan fingerprint density at radius 1 is 1.29 bits per heavy atom. The number of hydrogen-bond acceptors (Lipinski definition) is 9. The number of nitrogens with two attached hydrogens (primary N) is 1. The molecule has 0 aliphatic carbocycles. The third-order valence-corrected chi connectivity index (χ3v) is 6.11. The number of anilines is 3. The van der Waals surface area contributed by atoms with Gasteiger partial charge in [-0.15, -0.1) is 0 Å². The number of ether oxygens (including phenoxy) is 1. The summed E-state index contributed by atoms with van der Waals surface area (Å²) >= 11 is 0. The fourth-order valence-corrected chi connectivity index (χ4v) is 4.11. The number of nitrogens with zero attached hydrogens (tertiary/aromatic N) is 5. The van der Waals surface area contributed by atoms with E-state index in [9.17, 15) is 10.1 Å². The van der Waals surface area contributed by atoms with Crippen molar-refractivity contribution in [3.8, 4) is 11.8 Å². The molecule has 35 heavy (non-hydrogen) atoms. The Bertz CT molecular complexity index is 1070. The van der Waals surface area contributed by atoms with Gasteiger partial charge in [0.25, 0.3) is 0 Å². The van der Waals surface area contributed by atoms with Crippen molar-refractivity contribution in [3.05, 3.63) is 35.5 Å². The largest absolute Gasteiger partial charge is 0.410 e. The highest BCUT2D eigenvalue weighted by Gasteiger charge is 2.27. The highest BCUT2D eigenvalue weighted by molar-refractivity contribution is 5.70. The van der Waals surface area contributed by atoms with Gasteiger partial charge in [0, 0.05) is 61.5 Å². The minimum Gasteiger partial charge on any atom is -0.410 e. The molecule has 0 radical (unpaired) electrons. The van der Waals surface area contributed by atoms with Crippen LogP contribution < -0.4 is 26.0 Å². The fraction of sp³-hybridized carbons (Fsp3) is 0.520. The first kappa shape index (κ1) is 26.0. The van der Waals surface area contributed by atoms with Crippen molar-refractivity contribution in [3.63, 3.8) is 0 Å². The number of benzene rings is 1. The van der Waals surface area contributed by atoms with Crippen LogP contribution in [-0.4, -0.2) is 66.3 Å². The third-order valence-electron chi connectivity index (χ3n) is 6.11. The lowest BCUT2D eigenvalue weighted by Gasteiger charge is -2.36. The van der Waals surface area contributed by atoms with Gasteiger partial charge in [0.05, 0.1) is 6.20 Å². The van der Waals surface area contributed by atoms with Crippen LogP contribution in [0.3, 0.4) is 0 Å². The summed E-state index contributed by atoms with van der Waals surface area (Å²) in [5.41, 5.74) is 7.18. The second kappa shape index (κ2) is 11.2. The number of piperazine rings is 1. The van der Waals surface area contributed by atoms with Crippen LogP contribution >= 0.6 is 0 Å². The molecule has 1 saturated heterocycles. The fourth-order valence-electron chi connectivity index (χ4n) is 4.11. The summed E-state index contributed by atoms with van der Waals surface area (Å²) in [6.45, 7) is 15.5. The Labute approximate surface area is 207 Å². The first-order valence-electron chi connectivity index (χ1n) is 12.0. The minimum atomic E-state index is -0.845. The van der Waals surface area contributed by atoms with Crippen LogP contribution in [0.4, 0.5) is 22.2 Å². The molecule has 1 aromatic heterocycles. The molecule has 1 amide bonds. The quantitative estimate of drug-likeness (QED) is 0.495. The topological polar surface area (TPSA) is 132 Å². The number of nitriles is 1. The Morgan fingerprint density at radius 2 is 2.00 bits per heavy atom. The minimum absolute atomic E-state index is 0.123. The molecule has 188 valence electrons. The number of aromatic nitrogens is 2. The highest BCUT2D eigenvalue weighted by atomic mass is 16.5. The Hall–Kier alpha value is -3.58. The molecule has 0 atom stereocenters. The van der Waals surface area contributed by atoms with E-state index in [2.05, 4.69) is 49.5 Å². The highest BCUT2D eigenvalue weighted by Crippen LogP contribution is 2.35. The van der Waals surface area contributed by atoms with Crippen molar-refractivity contribution in [1.82, 2.24) is 14.9 Å². The van der Waals surface area contributed by atoms with Gasteiger partial charge in [-0.25, -0.2) is 9.78 Å². The molecule has 1 aliphatic rings. The summed E-state index contributed by atoms with van der Waals surface area (Å²) in [5.74, 6) is 1.34. The molecule has 1 aliphatic heterocycles. The van der Waals surface area contributed by atoms with Crippen LogP contribution in [-0.2, 0) is 5.41 Å². The average Bonchev–Trinajstić information content (AvgIpc) is 2.82. The van der Waals surface area contributed by atoms with Crippen molar-refractivity contribution in [2.75, 3.05) is 54.8 Å². The molecular weight excluding hydrogens is 444 g/mol. The van der Waals surface area contributed by atoms with Gasteiger partial charge in [-0.2, -0.15) is 10.2 Å². The Morgan fingerprint density at radius 3 is 2.60 bits per heavy atom. The molecule has 2 heterocycles. The average molecular weight is 481 g/mol. The Kier molecular flexibility index (Phi) is 8.35. The maximum atomic E-state index is 11.7. The van der Waals surface area contributed by atoms with E-state index in [1.807, 2.05) is 39.8 Å². The molecule has 1 fully saturated rings. The number of carbonyl (C=O) groups excluding carboxylic acids is 1. The molecule has 0 spiro atoms. The van der Waals surface area contributed by atoms with Gasteiger partial charge >= 0.3 is 6.09 Å². The van der Waals surface area contributed by atoms with Crippen molar-refractivity contribution in [1.29, 1.82) is 5.26 Å². The molecule has 10 heteroatoms. The lowest BCUT2D eigenvalue weighted by molar-refractivity contribution is 0.210. The van der Waals surface area contributed by atoms with Crippen molar-refractivity contribution < 1.29 is 9.53 Å². The summed E-state index contributed by atoms with van der Waals surface area (Å²) < 4.78 is 5.45. The van der Waals surface area contributed by atoms with E-state index in [0.29, 0.717) is 29.6 Å². The van der Waals surface area contributed by atoms with E-state index < -0.39 is 11.5 Å². The van der Waals surface area contributed by atoms with Crippen LogP contribution in [0.15, 0.2) is 24.4 Å². The molecule has 0 unspecified atom stereocenters. The maximum absolute atomic E-state index is 11.7. The monoisotopic (exact) mass is 480 g/mol. The summed E-state index contributed by atoms with van der Waals surface area (Å²) in [6.07, 6.45) is 0.657. The smallest absolute Gasteiger partial charge is 0.409 e. The van der Waals surface area contributed by atoms with Gasteiger partial charge in [-0.3, -0.25) is 0 Å². The van der Waals surface area contributed by atoms with E-state index in [1.165, 1.54) is 6.20 Å². The van der Waals surface area contributed by atoms with Gasteiger partial charge in [0.15, 0.2) is 0 Å². The number of carbonyl (C=O) groups is 1.